The number of rotatable bonds is 6. The summed E-state index contributed by atoms with van der Waals surface area (Å²) in [5.74, 6) is 2.37. The van der Waals surface area contributed by atoms with E-state index in [-0.39, 0.29) is 31.3 Å². The van der Waals surface area contributed by atoms with Crippen LogP contribution < -0.4 is 10.6 Å². The van der Waals surface area contributed by atoms with E-state index in [1.807, 2.05) is 20.0 Å². The summed E-state index contributed by atoms with van der Waals surface area (Å²) in [6.07, 6.45) is 7.48. The van der Waals surface area contributed by atoms with Gasteiger partial charge in [-0.1, -0.05) is 5.92 Å². The van der Waals surface area contributed by atoms with Gasteiger partial charge in [0.2, 0.25) is 5.91 Å². The van der Waals surface area contributed by atoms with Gasteiger partial charge in [0.1, 0.15) is 0 Å². The van der Waals surface area contributed by atoms with Crippen molar-refractivity contribution in [2.24, 2.45) is 7.05 Å². The van der Waals surface area contributed by atoms with Crippen LogP contribution in [0, 0.1) is 19.3 Å². The molecule has 2 aromatic rings. The molecule has 0 spiro atoms. The van der Waals surface area contributed by atoms with Crippen molar-refractivity contribution in [3.05, 3.63) is 23.0 Å². The summed E-state index contributed by atoms with van der Waals surface area (Å²) >= 11 is 0. The van der Waals surface area contributed by atoms with Gasteiger partial charge in [-0.05, 0) is 25.8 Å². The number of carbonyl (C=O) groups excluding carboxylic acids is 2. The number of hydrogen-bond donors (Lipinski definition) is 2. The average molecular weight is 339 g/mol. The lowest BCUT2D eigenvalue weighted by molar-refractivity contribution is -0.120. The summed E-state index contributed by atoms with van der Waals surface area (Å²) in [4.78, 5) is 28.9. The van der Waals surface area contributed by atoms with Crippen molar-refractivity contribution in [3.63, 3.8) is 0 Å². The Hall–Kier alpha value is -2.88. The number of pyridine rings is 1. The molecule has 25 heavy (non-hydrogen) atoms. The molecule has 0 saturated heterocycles. The van der Waals surface area contributed by atoms with Gasteiger partial charge < -0.3 is 10.6 Å². The maximum absolute atomic E-state index is 12.7. The van der Waals surface area contributed by atoms with Crippen molar-refractivity contribution in [1.82, 2.24) is 25.4 Å². The first-order chi connectivity index (χ1) is 12.0. The summed E-state index contributed by atoms with van der Waals surface area (Å²) in [6.45, 7) is 2.30. The first-order valence-corrected chi connectivity index (χ1v) is 8.34. The van der Waals surface area contributed by atoms with Crippen molar-refractivity contribution in [2.75, 3.05) is 13.1 Å². The van der Waals surface area contributed by atoms with Gasteiger partial charge in [-0.25, -0.2) is 4.98 Å². The third-order valence-corrected chi connectivity index (χ3v) is 4.25. The van der Waals surface area contributed by atoms with Crippen LogP contribution in [0.4, 0.5) is 0 Å². The van der Waals surface area contributed by atoms with E-state index < -0.39 is 0 Å². The van der Waals surface area contributed by atoms with Crippen molar-refractivity contribution in [2.45, 2.75) is 32.1 Å². The monoisotopic (exact) mass is 339 g/mol. The molecule has 0 aromatic carbocycles. The number of aryl methyl sites for hydroxylation is 2. The predicted octanol–water partition coefficient (Wildman–Crippen LogP) is 1.02. The van der Waals surface area contributed by atoms with Gasteiger partial charge in [0.15, 0.2) is 5.65 Å². The smallest absolute Gasteiger partial charge is 0.252 e. The first-order valence-electron chi connectivity index (χ1n) is 8.34. The van der Waals surface area contributed by atoms with Crippen LogP contribution in [-0.2, 0) is 11.8 Å². The van der Waals surface area contributed by atoms with Crippen LogP contribution in [-0.4, -0.2) is 39.7 Å². The molecule has 7 nitrogen and oxygen atoms in total. The number of hydrogen-bond acceptors (Lipinski definition) is 4. The molecule has 2 amide bonds. The van der Waals surface area contributed by atoms with E-state index in [9.17, 15) is 9.59 Å². The second kappa shape index (κ2) is 6.93. The Balaban J connectivity index is 1.78. The van der Waals surface area contributed by atoms with Gasteiger partial charge in [0.25, 0.3) is 5.91 Å². The van der Waals surface area contributed by atoms with Crippen molar-refractivity contribution >= 4 is 22.8 Å². The summed E-state index contributed by atoms with van der Waals surface area (Å²) in [5, 5.41) is 10.5. The number of fused-ring (bicyclic) bond motifs is 1. The molecule has 0 radical (unpaired) electrons. The molecule has 1 saturated carbocycles. The number of terminal acetylenes is 1. The molecule has 7 heteroatoms. The maximum atomic E-state index is 12.7. The zero-order chi connectivity index (χ0) is 18.0. The molecule has 2 N–H and O–H groups in total. The standard InChI is InChI=1S/C18H21N5O2/c1-4-8-19-15(24)7-9-20-18(25)13-10-14(12-5-6-12)21-17-16(13)11(2)22-23(17)3/h1,10,12H,5-9H2,2-3H3,(H,19,24)(H,20,25). The molecule has 0 bridgehead atoms. The van der Waals surface area contributed by atoms with E-state index in [1.54, 1.807) is 4.68 Å². The molecule has 1 aliphatic rings. The van der Waals surface area contributed by atoms with Gasteiger partial charge in [0.05, 0.1) is 23.2 Å². The Labute approximate surface area is 146 Å². The fraction of sp³-hybridized carbons (Fsp3) is 0.444. The third-order valence-electron chi connectivity index (χ3n) is 4.25. The zero-order valence-corrected chi connectivity index (χ0v) is 14.4. The molecule has 0 aliphatic heterocycles. The van der Waals surface area contributed by atoms with Gasteiger partial charge in [-0.15, -0.1) is 6.42 Å². The maximum Gasteiger partial charge on any atom is 0.252 e. The van der Waals surface area contributed by atoms with E-state index in [0.717, 1.165) is 35.3 Å². The molecule has 1 fully saturated rings. The second-order valence-electron chi connectivity index (χ2n) is 6.26. The van der Waals surface area contributed by atoms with Crippen molar-refractivity contribution < 1.29 is 9.59 Å². The Morgan fingerprint density at radius 1 is 1.40 bits per heavy atom. The fourth-order valence-corrected chi connectivity index (χ4v) is 2.85. The summed E-state index contributed by atoms with van der Waals surface area (Å²) < 4.78 is 1.71. The lowest BCUT2D eigenvalue weighted by atomic mass is 10.1. The van der Waals surface area contributed by atoms with Gasteiger partial charge in [-0.2, -0.15) is 5.10 Å². The Kier molecular flexibility index (Phi) is 4.70. The van der Waals surface area contributed by atoms with Gasteiger partial charge in [0, 0.05) is 31.6 Å². The van der Waals surface area contributed by atoms with E-state index in [4.69, 9.17) is 6.42 Å². The topological polar surface area (TPSA) is 88.9 Å². The molecule has 0 atom stereocenters. The SMILES string of the molecule is C#CCNC(=O)CCNC(=O)c1cc(C2CC2)nc2c1c(C)nn2C. The van der Waals surface area contributed by atoms with Crippen LogP contribution in [0.1, 0.15) is 46.9 Å². The number of nitrogens with zero attached hydrogens (tertiary/aromatic N) is 3. The quantitative estimate of drug-likeness (QED) is 0.769. The Bertz CT molecular complexity index is 874. The molecule has 0 unspecified atom stereocenters. The minimum atomic E-state index is -0.213. The molecular formula is C18H21N5O2. The predicted molar refractivity (Wildman–Crippen MR) is 94.0 cm³/mol. The average Bonchev–Trinajstić information content (AvgIpc) is 3.39. The van der Waals surface area contributed by atoms with E-state index >= 15 is 0 Å². The Morgan fingerprint density at radius 2 is 2.16 bits per heavy atom. The minimum absolute atomic E-state index is 0.184. The first kappa shape index (κ1) is 17.0. The van der Waals surface area contributed by atoms with E-state index in [1.165, 1.54) is 0 Å². The van der Waals surface area contributed by atoms with Gasteiger partial charge in [-0.3, -0.25) is 14.3 Å². The van der Waals surface area contributed by atoms with Crippen LogP contribution >= 0.6 is 0 Å². The number of amides is 2. The largest absolute Gasteiger partial charge is 0.351 e. The second-order valence-corrected chi connectivity index (χ2v) is 6.26. The van der Waals surface area contributed by atoms with Crippen LogP contribution in [0.2, 0.25) is 0 Å². The molecule has 1 aliphatic carbocycles. The van der Waals surface area contributed by atoms with Crippen molar-refractivity contribution in [1.29, 1.82) is 0 Å². The highest BCUT2D eigenvalue weighted by Gasteiger charge is 2.28. The van der Waals surface area contributed by atoms with Crippen LogP contribution in [0.25, 0.3) is 11.0 Å². The summed E-state index contributed by atoms with van der Waals surface area (Å²) in [7, 11) is 1.83. The minimum Gasteiger partial charge on any atom is -0.351 e. The van der Waals surface area contributed by atoms with Crippen molar-refractivity contribution in [3.8, 4) is 12.3 Å². The van der Waals surface area contributed by atoms with E-state index in [0.29, 0.717) is 11.5 Å². The highest BCUT2D eigenvalue weighted by Crippen LogP contribution is 2.40. The lowest BCUT2D eigenvalue weighted by Gasteiger charge is -2.09. The fourth-order valence-electron chi connectivity index (χ4n) is 2.85. The normalized spacial score (nSPS) is 13.5. The molecule has 3 rings (SSSR count). The molecule has 130 valence electrons. The molecule has 2 heterocycles. The highest BCUT2D eigenvalue weighted by atomic mass is 16.2. The highest BCUT2D eigenvalue weighted by molar-refractivity contribution is 6.06. The zero-order valence-electron chi connectivity index (χ0n) is 14.4. The number of aromatic nitrogens is 3. The molecular weight excluding hydrogens is 318 g/mol. The lowest BCUT2D eigenvalue weighted by Crippen LogP contribution is -2.31. The van der Waals surface area contributed by atoms with Crippen LogP contribution in [0.5, 0.6) is 0 Å². The summed E-state index contributed by atoms with van der Waals surface area (Å²) in [6, 6.07) is 1.86. The molecule has 2 aromatic heterocycles. The third kappa shape index (κ3) is 3.63. The van der Waals surface area contributed by atoms with E-state index in [2.05, 4.69) is 26.6 Å². The number of carbonyl (C=O) groups is 2. The van der Waals surface area contributed by atoms with Gasteiger partial charge >= 0.3 is 0 Å². The van der Waals surface area contributed by atoms with Crippen LogP contribution in [0.15, 0.2) is 6.07 Å². The summed E-state index contributed by atoms with van der Waals surface area (Å²) in [5.41, 5.74) is 3.00. The number of nitrogens with one attached hydrogen (secondary N) is 2. The van der Waals surface area contributed by atoms with Crippen LogP contribution in [0.3, 0.4) is 0 Å². The Morgan fingerprint density at radius 3 is 2.84 bits per heavy atom.